The summed E-state index contributed by atoms with van der Waals surface area (Å²) in [5, 5.41) is 3.88. The Labute approximate surface area is 118 Å². The summed E-state index contributed by atoms with van der Waals surface area (Å²) in [4.78, 5) is 0. The van der Waals surface area contributed by atoms with Crippen LogP contribution in [0.1, 0.15) is 64.7 Å². The van der Waals surface area contributed by atoms with Gasteiger partial charge in [-0.3, -0.25) is 0 Å². The van der Waals surface area contributed by atoms with E-state index in [0.29, 0.717) is 6.10 Å². The zero-order valence-corrected chi connectivity index (χ0v) is 12.6. The highest BCUT2D eigenvalue weighted by molar-refractivity contribution is 4.87. The molecule has 0 spiro atoms. The second kappa shape index (κ2) is 6.58. The van der Waals surface area contributed by atoms with Gasteiger partial charge in [-0.1, -0.05) is 32.6 Å². The Morgan fingerprint density at radius 3 is 2.68 bits per heavy atom. The van der Waals surface area contributed by atoms with Gasteiger partial charge >= 0.3 is 0 Å². The van der Waals surface area contributed by atoms with Gasteiger partial charge in [0, 0.05) is 19.2 Å². The lowest BCUT2D eigenvalue weighted by Crippen LogP contribution is -2.41. The number of ether oxygens (including phenoxy) is 1. The predicted octanol–water partition coefficient (Wildman–Crippen LogP) is 3.75. The molecule has 1 aliphatic heterocycles. The number of rotatable bonds is 4. The normalized spacial score (nSPS) is 43.1. The quantitative estimate of drug-likeness (QED) is 0.836. The van der Waals surface area contributed by atoms with Crippen molar-refractivity contribution >= 4 is 0 Å². The van der Waals surface area contributed by atoms with Crippen molar-refractivity contribution < 1.29 is 4.74 Å². The highest BCUT2D eigenvalue weighted by Gasteiger charge is 2.33. The zero-order chi connectivity index (χ0) is 13.1. The van der Waals surface area contributed by atoms with E-state index in [4.69, 9.17) is 4.74 Å². The molecule has 2 aliphatic carbocycles. The first-order chi connectivity index (χ1) is 9.36. The minimum atomic E-state index is 0.526. The van der Waals surface area contributed by atoms with E-state index in [1.165, 1.54) is 64.3 Å². The van der Waals surface area contributed by atoms with Crippen molar-refractivity contribution in [2.75, 3.05) is 13.2 Å². The van der Waals surface area contributed by atoms with Gasteiger partial charge in [0.15, 0.2) is 0 Å². The molecule has 19 heavy (non-hydrogen) atoms. The zero-order valence-electron chi connectivity index (χ0n) is 12.6. The summed E-state index contributed by atoms with van der Waals surface area (Å²) in [6, 6.07) is 0.803. The Morgan fingerprint density at radius 2 is 1.84 bits per heavy atom. The van der Waals surface area contributed by atoms with Crippen LogP contribution in [0.5, 0.6) is 0 Å². The van der Waals surface area contributed by atoms with E-state index in [0.717, 1.165) is 30.4 Å². The molecule has 1 N–H and O–H groups in total. The SMILES string of the molecule is CCC1OCCC1CNC1CCC2CCCCC2C1. The van der Waals surface area contributed by atoms with Gasteiger partial charge in [-0.15, -0.1) is 0 Å². The summed E-state index contributed by atoms with van der Waals surface area (Å²) < 4.78 is 5.80. The molecule has 0 aromatic rings. The monoisotopic (exact) mass is 265 g/mol. The molecule has 1 saturated heterocycles. The fraction of sp³-hybridized carbons (Fsp3) is 1.00. The molecule has 110 valence electrons. The lowest BCUT2D eigenvalue weighted by atomic mass is 9.69. The molecule has 5 unspecified atom stereocenters. The van der Waals surface area contributed by atoms with Crippen LogP contribution in [-0.4, -0.2) is 25.3 Å². The third kappa shape index (κ3) is 3.33. The Kier molecular flexibility index (Phi) is 4.81. The molecule has 3 rings (SSSR count). The van der Waals surface area contributed by atoms with Gasteiger partial charge in [-0.2, -0.15) is 0 Å². The summed E-state index contributed by atoms with van der Waals surface area (Å²) in [5.74, 6) is 2.89. The molecule has 2 nitrogen and oxygen atoms in total. The van der Waals surface area contributed by atoms with Crippen molar-refractivity contribution in [1.29, 1.82) is 0 Å². The Hall–Kier alpha value is -0.0800. The van der Waals surface area contributed by atoms with Crippen molar-refractivity contribution in [1.82, 2.24) is 5.32 Å². The maximum Gasteiger partial charge on any atom is 0.0613 e. The van der Waals surface area contributed by atoms with Crippen LogP contribution in [0.2, 0.25) is 0 Å². The Bertz CT molecular complexity index is 280. The lowest BCUT2D eigenvalue weighted by Gasteiger charge is -2.40. The van der Waals surface area contributed by atoms with Crippen LogP contribution in [0.25, 0.3) is 0 Å². The summed E-state index contributed by atoms with van der Waals surface area (Å²) in [5.41, 5.74) is 0. The predicted molar refractivity (Wildman–Crippen MR) is 79.2 cm³/mol. The number of hydrogen-bond acceptors (Lipinski definition) is 2. The fourth-order valence-electron chi connectivity index (χ4n) is 4.75. The number of hydrogen-bond donors (Lipinski definition) is 1. The van der Waals surface area contributed by atoms with E-state index in [1.54, 1.807) is 0 Å². The molecule has 1 heterocycles. The molecule has 0 aromatic heterocycles. The van der Waals surface area contributed by atoms with E-state index >= 15 is 0 Å². The van der Waals surface area contributed by atoms with Gasteiger partial charge in [-0.05, 0) is 49.9 Å². The topological polar surface area (TPSA) is 21.3 Å². The Morgan fingerprint density at radius 1 is 1.00 bits per heavy atom. The van der Waals surface area contributed by atoms with Crippen LogP contribution in [0.15, 0.2) is 0 Å². The highest BCUT2D eigenvalue weighted by atomic mass is 16.5. The van der Waals surface area contributed by atoms with E-state index < -0.39 is 0 Å². The first kappa shape index (κ1) is 13.9. The third-order valence-corrected chi connectivity index (χ3v) is 5.96. The first-order valence-electron chi connectivity index (χ1n) is 8.71. The molecular formula is C17H31NO. The average Bonchev–Trinajstić information content (AvgIpc) is 2.92. The molecule has 2 heteroatoms. The van der Waals surface area contributed by atoms with Crippen LogP contribution in [-0.2, 0) is 4.74 Å². The average molecular weight is 265 g/mol. The molecule has 0 amide bonds. The first-order valence-corrected chi connectivity index (χ1v) is 8.71. The molecular weight excluding hydrogens is 234 g/mol. The third-order valence-electron chi connectivity index (χ3n) is 5.96. The van der Waals surface area contributed by atoms with Gasteiger partial charge in [0.05, 0.1) is 6.10 Å². The van der Waals surface area contributed by atoms with Crippen LogP contribution < -0.4 is 5.32 Å². The van der Waals surface area contributed by atoms with E-state index in [9.17, 15) is 0 Å². The molecule has 3 aliphatic rings. The molecule has 5 atom stereocenters. The van der Waals surface area contributed by atoms with Crippen LogP contribution in [0.3, 0.4) is 0 Å². The van der Waals surface area contributed by atoms with Crippen LogP contribution in [0, 0.1) is 17.8 Å². The number of nitrogens with one attached hydrogen (secondary N) is 1. The highest BCUT2D eigenvalue weighted by Crippen LogP contribution is 2.40. The molecule has 0 bridgehead atoms. The molecule has 3 fully saturated rings. The maximum absolute atomic E-state index is 5.80. The van der Waals surface area contributed by atoms with Gasteiger partial charge < -0.3 is 10.1 Å². The maximum atomic E-state index is 5.80. The summed E-state index contributed by atoms with van der Waals surface area (Å²) in [7, 11) is 0. The smallest absolute Gasteiger partial charge is 0.0613 e. The van der Waals surface area contributed by atoms with Crippen molar-refractivity contribution in [2.24, 2.45) is 17.8 Å². The van der Waals surface area contributed by atoms with Crippen molar-refractivity contribution in [2.45, 2.75) is 76.9 Å². The Balaban J connectivity index is 1.43. The summed E-state index contributed by atoms with van der Waals surface area (Å²) in [6.45, 7) is 4.44. The second-order valence-corrected chi connectivity index (χ2v) is 7.09. The van der Waals surface area contributed by atoms with Gasteiger partial charge in [-0.25, -0.2) is 0 Å². The lowest BCUT2D eigenvalue weighted by molar-refractivity contribution is 0.0839. The van der Waals surface area contributed by atoms with E-state index in [1.807, 2.05) is 0 Å². The molecule has 0 aromatic carbocycles. The minimum absolute atomic E-state index is 0.526. The largest absolute Gasteiger partial charge is 0.378 e. The summed E-state index contributed by atoms with van der Waals surface area (Å²) in [6.07, 6.45) is 13.4. The fourth-order valence-corrected chi connectivity index (χ4v) is 4.75. The standard InChI is InChI=1S/C17H31NO/c1-2-17-15(9-10-19-17)12-18-16-8-7-13-5-3-4-6-14(13)11-16/h13-18H,2-12H2,1H3. The number of fused-ring (bicyclic) bond motifs is 1. The van der Waals surface area contributed by atoms with Crippen molar-refractivity contribution in [3.63, 3.8) is 0 Å². The summed E-state index contributed by atoms with van der Waals surface area (Å²) >= 11 is 0. The van der Waals surface area contributed by atoms with Crippen molar-refractivity contribution in [3.05, 3.63) is 0 Å². The van der Waals surface area contributed by atoms with Gasteiger partial charge in [0.1, 0.15) is 0 Å². The van der Waals surface area contributed by atoms with Crippen LogP contribution >= 0.6 is 0 Å². The van der Waals surface area contributed by atoms with E-state index in [2.05, 4.69) is 12.2 Å². The molecule has 0 radical (unpaired) electrons. The van der Waals surface area contributed by atoms with Gasteiger partial charge in [0.2, 0.25) is 0 Å². The van der Waals surface area contributed by atoms with Gasteiger partial charge in [0.25, 0.3) is 0 Å². The van der Waals surface area contributed by atoms with Crippen LogP contribution in [0.4, 0.5) is 0 Å². The molecule has 2 saturated carbocycles. The minimum Gasteiger partial charge on any atom is -0.378 e. The van der Waals surface area contributed by atoms with E-state index in [-0.39, 0.29) is 0 Å². The van der Waals surface area contributed by atoms with Crippen molar-refractivity contribution in [3.8, 4) is 0 Å². The second-order valence-electron chi connectivity index (χ2n) is 7.09.